The van der Waals surface area contributed by atoms with Crippen molar-refractivity contribution in [3.05, 3.63) is 58.3 Å². The first-order valence-electron chi connectivity index (χ1n) is 11.0. The zero-order valence-electron chi connectivity index (χ0n) is 19.8. The van der Waals surface area contributed by atoms with Crippen LogP contribution in [0.15, 0.2) is 42.7 Å². The molecule has 4 rings (SSSR count). The van der Waals surface area contributed by atoms with E-state index < -0.39 is 16.2 Å². The average molecular weight is 568 g/mol. The average Bonchev–Trinajstić information content (AvgIpc) is 2.82. The summed E-state index contributed by atoms with van der Waals surface area (Å²) in [4.78, 5) is 27.8. The fraction of sp³-hybridized carbons (Fsp3) is 0.304. The molecule has 0 bridgehead atoms. The number of anilines is 1. The highest BCUT2D eigenvalue weighted by atomic mass is 35.5. The summed E-state index contributed by atoms with van der Waals surface area (Å²) in [7, 11) is -3.68. The molecule has 0 radical (unpaired) electrons. The Hall–Kier alpha value is -3.19. The van der Waals surface area contributed by atoms with Crippen molar-refractivity contribution in [1.82, 2.24) is 19.9 Å². The molecule has 14 heteroatoms. The van der Waals surface area contributed by atoms with Gasteiger partial charge in [0.1, 0.15) is 0 Å². The van der Waals surface area contributed by atoms with Crippen LogP contribution in [0.5, 0.6) is 11.6 Å². The first kappa shape index (κ1) is 26.9. The molecule has 0 saturated carbocycles. The maximum atomic E-state index is 11.5. The maximum absolute atomic E-state index is 11.5. The number of pyridine rings is 1. The number of carbonyl (C=O) groups is 1. The molecule has 1 saturated heterocycles. The number of hydrogen-bond acceptors (Lipinski definition) is 9. The number of hydrogen-bond donors (Lipinski definition) is 1. The Balaban J connectivity index is 1.56. The largest absolute Gasteiger partial charge is 0.465 e. The van der Waals surface area contributed by atoms with Crippen LogP contribution in [0.25, 0.3) is 11.3 Å². The lowest BCUT2D eigenvalue weighted by molar-refractivity contribution is 0.122. The number of amides is 1. The van der Waals surface area contributed by atoms with Gasteiger partial charge in [0.15, 0.2) is 5.75 Å². The van der Waals surface area contributed by atoms with Crippen LogP contribution in [-0.4, -0.2) is 71.4 Å². The lowest BCUT2D eigenvalue weighted by atomic mass is 10.1. The van der Waals surface area contributed by atoms with E-state index in [9.17, 15) is 18.3 Å². The molecule has 37 heavy (non-hydrogen) atoms. The molecule has 1 aromatic carbocycles. The smallest absolute Gasteiger partial charge is 0.407 e. The van der Waals surface area contributed by atoms with Gasteiger partial charge in [-0.3, -0.25) is 4.18 Å². The second-order valence-electron chi connectivity index (χ2n) is 8.42. The van der Waals surface area contributed by atoms with Gasteiger partial charge in [-0.1, -0.05) is 23.2 Å². The number of piperazine rings is 1. The van der Waals surface area contributed by atoms with Gasteiger partial charge in [0.05, 0.1) is 31.0 Å². The van der Waals surface area contributed by atoms with Crippen molar-refractivity contribution in [2.24, 2.45) is 0 Å². The second-order valence-corrected chi connectivity index (χ2v) is 10.9. The molecule has 1 aliphatic heterocycles. The van der Waals surface area contributed by atoms with Crippen molar-refractivity contribution in [2.45, 2.75) is 19.6 Å². The monoisotopic (exact) mass is 567 g/mol. The molecule has 0 aliphatic carbocycles. The van der Waals surface area contributed by atoms with Crippen LogP contribution in [0, 0.1) is 0 Å². The van der Waals surface area contributed by atoms with Crippen LogP contribution in [0.4, 0.5) is 10.7 Å². The molecule has 0 spiro atoms. The minimum Gasteiger partial charge on any atom is -0.465 e. The van der Waals surface area contributed by atoms with E-state index in [0.717, 1.165) is 6.26 Å². The molecule has 1 aliphatic rings. The molecule has 11 nitrogen and oxygen atoms in total. The summed E-state index contributed by atoms with van der Waals surface area (Å²) in [6.07, 6.45) is 2.97. The minimum atomic E-state index is -3.68. The number of halogens is 2. The number of ether oxygens (including phenoxy) is 1. The van der Waals surface area contributed by atoms with E-state index in [4.69, 9.17) is 32.1 Å². The van der Waals surface area contributed by atoms with Crippen LogP contribution in [0.1, 0.15) is 12.5 Å². The quantitative estimate of drug-likeness (QED) is 0.411. The Bertz CT molecular complexity index is 1390. The Morgan fingerprint density at radius 3 is 2.38 bits per heavy atom. The van der Waals surface area contributed by atoms with E-state index in [2.05, 4.69) is 15.0 Å². The third kappa shape index (κ3) is 7.19. The number of rotatable bonds is 7. The van der Waals surface area contributed by atoms with E-state index in [0.29, 0.717) is 58.2 Å². The molecule has 1 fully saturated rings. The van der Waals surface area contributed by atoms with Crippen molar-refractivity contribution in [1.29, 1.82) is 0 Å². The predicted molar refractivity (Wildman–Crippen MR) is 138 cm³/mol. The van der Waals surface area contributed by atoms with Gasteiger partial charge in [-0.2, -0.15) is 8.42 Å². The summed E-state index contributed by atoms with van der Waals surface area (Å²) in [6.45, 7) is 2.87. The first-order valence-corrected chi connectivity index (χ1v) is 13.6. The van der Waals surface area contributed by atoms with Crippen LogP contribution >= 0.6 is 23.2 Å². The molecule has 196 valence electrons. The molecule has 2 aromatic heterocycles. The highest BCUT2D eigenvalue weighted by Crippen LogP contribution is 2.30. The van der Waals surface area contributed by atoms with Crippen molar-refractivity contribution in [3.63, 3.8) is 0 Å². The van der Waals surface area contributed by atoms with Gasteiger partial charge in [-0.05, 0) is 36.8 Å². The van der Waals surface area contributed by atoms with Gasteiger partial charge in [0.25, 0.3) is 10.1 Å². The summed E-state index contributed by atoms with van der Waals surface area (Å²) in [5.74, 6) is 0.896. The molecule has 1 amide bonds. The Kier molecular flexibility index (Phi) is 8.02. The molecule has 1 atom stereocenters. The second kappa shape index (κ2) is 11.1. The maximum Gasteiger partial charge on any atom is 0.407 e. The molecular formula is C23H23Cl2N5O6S. The lowest BCUT2D eigenvalue weighted by Crippen LogP contribution is -2.54. The van der Waals surface area contributed by atoms with Gasteiger partial charge >= 0.3 is 6.09 Å². The summed E-state index contributed by atoms with van der Waals surface area (Å²) in [5, 5.41) is 10.1. The fourth-order valence-electron chi connectivity index (χ4n) is 3.79. The Labute approximate surface area is 223 Å². The number of nitrogens with zero attached hydrogens (tertiary/aromatic N) is 5. The van der Waals surface area contributed by atoms with E-state index in [1.807, 2.05) is 11.8 Å². The highest BCUT2D eigenvalue weighted by molar-refractivity contribution is 7.85. The predicted octanol–water partition coefficient (Wildman–Crippen LogP) is 4.30. The first-order chi connectivity index (χ1) is 17.5. The van der Waals surface area contributed by atoms with Crippen LogP contribution in [0.2, 0.25) is 10.0 Å². The van der Waals surface area contributed by atoms with Crippen molar-refractivity contribution in [2.75, 3.05) is 30.8 Å². The van der Waals surface area contributed by atoms with Crippen molar-refractivity contribution < 1.29 is 27.2 Å². The summed E-state index contributed by atoms with van der Waals surface area (Å²) in [6, 6.07) is 7.92. The third-order valence-electron chi connectivity index (χ3n) is 5.45. The molecule has 3 aromatic rings. The van der Waals surface area contributed by atoms with Gasteiger partial charge in [0.2, 0.25) is 11.8 Å². The van der Waals surface area contributed by atoms with Crippen LogP contribution in [-0.2, 0) is 20.9 Å². The topological polar surface area (TPSA) is 135 Å². The summed E-state index contributed by atoms with van der Waals surface area (Å²) in [5.41, 5.74) is 1.53. The van der Waals surface area contributed by atoms with Crippen LogP contribution < -0.4 is 9.64 Å². The van der Waals surface area contributed by atoms with Gasteiger partial charge < -0.3 is 19.6 Å². The van der Waals surface area contributed by atoms with E-state index >= 15 is 0 Å². The van der Waals surface area contributed by atoms with Gasteiger partial charge in [0, 0.05) is 47.4 Å². The summed E-state index contributed by atoms with van der Waals surface area (Å²) < 4.78 is 33.8. The van der Waals surface area contributed by atoms with Crippen molar-refractivity contribution >= 4 is 45.4 Å². The molecule has 1 N–H and O–H groups in total. The standard InChI is InChI=1S/C23H23Cl2N5O6S/c1-14-12-29(3-4-30(14)23(31)32)22-26-10-19(11-27-22)36-21-6-15(13-35-37(2,33)34)5-20(28-21)16-7-17(24)9-18(25)8-16/h5-11,14H,3-4,12-13H2,1-2H3,(H,31,32). The normalized spacial score (nSPS) is 16.1. The number of benzene rings is 1. The van der Waals surface area contributed by atoms with Gasteiger partial charge in [-0.25, -0.2) is 19.7 Å². The zero-order valence-corrected chi connectivity index (χ0v) is 22.2. The number of aromatic nitrogens is 3. The molecule has 3 heterocycles. The molecular weight excluding hydrogens is 545 g/mol. The van der Waals surface area contributed by atoms with Crippen molar-refractivity contribution in [3.8, 4) is 22.9 Å². The van der Waals surface area contributed by atoms with Gasteiger partial charge in [-0.15, -0.1) is 0 Å². The number of carboxylic acid groups (broad SMARTS) is 1. The fourth-order valence-corrected chi connectivity index (χ4v) is 4.67. The Morgan fingerprint density at radius 1 is 1.11 bits per heavy atom. The third-order valence-corrected chi connectivity index (χ3v) is 6.44. The summed E-state index contributed by atoms with van der Waals surface area (Å²) >= 11 is 12.3. The minimum absolute atomic E-state index is 0.153. The molecule has 1 unspecified atom stereocenters. The SMILES string of the molecule is CC1CN(c2ncc(Oc3cc(COS(C)(=O)=O)cc(-c4cc(Cl)cc(Cl)c4)n3)cn2)CCN1C(=O)O. The highest BCUT2D eigenvalue weighted by Gasteiger charge is 2.28. The van der Waals surface area contributed by atoms with Crippen LogP contribution in [0.3, 0.4) is 0 Å². The Morgan fingerprint density at radius 2 is 1.78 bits per heavy atom. The van der Waals surface area contributed by atoms with E-state index in [1.165, 1.54) is 17.3 Å². The van der Waals surface area contributed by atoms with E-state index in [1.54, 1.807) is 30.3 Å². The zero-order chi connectivity index (χ0) is 26.7. The van der Waals surface area contributed by atoms with E-state index in [-0.39, 0.29) is 18.5 Å². The lowest BCUT2D eigenvalue weighted by Gasteiger charge is -2.38.